The van der Waals surface area contributed by atoms with E-state index in [9.17, 15) is 0 Å². The Kier molecular flexibility index (Phi) is 3.31. The molecule has 0 aliphatic heterocycles. The molecule has 0 fully saturated rings. The van der Waals surface area contributed by atoms with E-state index in [1.807, 2.05) is 23.7 Å². The molecule has 2 aromatic rings. The number of hydrogen-bond acceptors (Lipinski definition) is 2. The van der Waals surface area contributed by atoms with Gasteiger partial charge in [0.25, 0.3) is 0 Å². The normalized spacial score (nSPS) is 14.5. The fraction of sp³-hybridized carbons (Fsp3) is 0.357. The number of benzene rings is 1. The van der Waals surface area contributed by atoms with Gasteiger partial charge < -0.3 is 5.73 Å². The maximum Gasteiger partial charge on any atom is 0.149 e. The summed E-state index contributed by atoms with van der Waals surface area (Å²) < 4.78 is 2.93. The predicted octanol–water partition coefficient (Wildman–Crippen LogP) is 4.06. The van der Waals surface area contributed by atoms with E-state index in [0.717, 1.165) is 33.6 Å². The molecule has 0 bridgehead atoms. The van der Waals surface area contributed by atoms with Crippen LogP contribution in [-0.4, -0.2) is 9.78 Å². The van der Waals surface area contributed by atoms with Gasteiger partial charge in [-0.05, 0) is 66.2 Å². The van der Waals surface area contributed by atoms with Crippen LogP contribution in [0.2, 0.25) is 5.02 Å². The highest BCUT2D eigenvalue weighted by molar-refractivity contribution is 9.10. The molecule has 0 atom stereocenters. The lowest BCUT2D eigenvalue weighted by Crippen LogP contribution is -2.08. The molecular formula is C14H15BrClN3. The minimum atomic E-state index is 0.651. The maximum absolute atomic E-state index is 6.23. The highest BCUT2D eigenvalue weighted by atomic mass is 79.9. The minimum absolute atomic E-state index is 0.651. The van der Waals surface area contributed by atoms with E-state index in [4.69, 9.17) is 17.3 Å². The van der Waals surface area contributed by atoms with Gasteiger partial charge in [0.1, 0.15) is 5.82 Å². The number of nitrogen functional groups attached to an aromatic ring is 1. The molecule has 3 rings (SSSR count). The summed E-state index contributed by atoms with van der Waals surface area (Å²) in [5.74, 6) is 0.651. The molecule has 1 aromatic heterocycles. The van der Waals surface area contributed by atoms with Crippen LogP contribution < -0.4 is 5.73 Å². The topological polar surface area (TPSA) is 43.8 Å². The van der Waals surface area contributed by atoms with Gasteiger partial charge in [-0.2, -0.15) is 5.10 Å². The maximum atomic E-state index is 6.23. The van der Waals surface area contributed by atoms with Gasteiger partial charge in [0, 0.05) is 20.8 Å². The third-order valence-corrected chi connectivity index (χ3v) is 4.71. The molecule has 0 amide bonds. The number of hydrogen-bond donors (Lipinski definition) is 1. The third kappa shape index (κ3) is 2.17. The minimum Gasteiger partial charge on any atom is -0.382 e. The number of aryl methyl sites for hydroxylation is 1. The van der Waals surface area contributed by atoms with E-state index in [2.05, 4.69) is 21.0 Å². The van der Waals surface area contributed by atoms with Gasteiger partial charge in [-0.15, -0.1) is 0 Å². The Morgan fingerprint density at radius 3 is 2.84 bits per heavy atom. The average Bonchev–Trinajstić information content (AvgIpc) is 2.72. The lowest BCUT2D eigenvalue weighted by Gasteiger charge is -2.15. The Labute approximate surface area is 125 Å². The largest absolute Gasteiger partial charge is 0.382 e. The van der Waals surface area contributed by atoms with Crippen LogP contribution >= 0.6 is 27.5 Å². The summed E-state index contributed by atoms with van der Waals surface area (Å²) >= 11 is 9.83. The predicted molar refractivity (Wildman–Crippen MR) is 82.1 cm³/mol. The molecule has 0 saturated heterocycles. The van der Waals surface area contributed by atoms with Crippen LogP contribution in [0.1, 0.15) is 29.7 Å². The Bertz CT molecular complexity index is 649. The van der Waals surface area contributed by atoms with Crippen LogP contribution in [0.15, 0.2) is 16.6 Å². The molecule has 0 spiro atoms. The zero-order valence-electron chi connectivity index (χ0n) is 10.7. The summed E-state index contributed by atoms with van der Waals surface area (Å²) in [5.41, 5.74) is 10.5. The van der Waals surface area contributed by atoms with E-state index in [0.29, 0.717) is 5.82 Å². The molecule has 100 valence electrons. The van der Waals surface area contributed by atoms with Crippen LogP contribution in [0.3, 0.4) is 0 Å². The van der Waals surface area contributed by atoms with Crippen molar-refractivity contribution in [1.82, 2.24) is 9.78 Å². The molecule has 0 saturated carbocycles. The quantitative estimate of drug-likeness (QED) is 0.851. The van der Waals surface area contributed by atoms with Gasteiger partial charge >= 0.3 is 0 Å². The fourth-order valence-electron chi connectivity index (χ4n) is 2.62. The van der Waals surface area contributed by atoms with Crippen molar-refractivity contribution in [1.29, 1.82) is 0 Å². The Morgan fingerprint density at radius 1 is 1.32 bits per heavy atom. The summed E-state index contributed by atoms with van der Waals surface area (Å²) in [5, 5.41) is 5.25. The molecular weight excluding hydrogens is 326 g/mol. The zero-order valence-corrected chi connectivity index (χ0v) is 13.1. The molecule has 5 heteroatoms. The van der Waals surface area contributed by atoms with Crippen LogP contribution in [0.5, 0.6) is 0 Å². The first-order valence-electron chi connectivity index (χ1n) is 6.40. The number of nitrogens with zero attached hydrogens (tertiary/aromatic N) is 2. The molecule has 0 unspecified atom stereocenters. The molecule has 0 radical (unpaired) electrons. The highest BCUT2D eigenvalue weighted by Gasteiger charge is 2.21. The lowest BCUT2D eigenvalue weighted by molar-refractivity contribution is 0.653. The smallest absolute Gasteiger partial charge is 0.149 e. The van der Waals surface area contributed by atoms with Crippen molar-refractivity contribution in [2.45, 2.75) is 32.6 Å². The van der Waals surface area contributed by atoms with Crippen molar-refractivity contribution >= 4 is 33.3 Å². The number of aromatic nitrogens is 2. The molecule has 2 N–H and O–H groups in total. The van der Waals surface area contributed by atoms with Crippen molar-refractivity contribution < 1.29 is 0 Å². The monoisotopic (exact) mass is 339 g/mol. The van der Waals surface area contributed by atoms with Crippen LogP contribution in [0, 0.1) is 6.92 Å². The van der Waals surface area contributed by atoms with E-state index in [-0.39, 0.29) is 0 Å². The average molecular weight is 341 g/mol. The molecule has 19 heavy (non-hydrogen) atoms. The first-order valence-corrected chi connectivity index (χ1v) is 7.57. The molecule has 1 aliphatic carbocycles. The summed E-state index contributed by atoms with van der Waals surface area (Å²) in [6.45, 7) is 1.99. The first kappa shape index (κ1) is 13.0. The van der Waals surface area contributed by atoms with Gasteiger partial charge in [0.2, 0.25) is 0 Å². The van der Waals surface area contributed by atoms with Gasteiger partial charge in [-0.1, -0.05) is 11.6 Å². The molecule has 1 aromatic carbocycles. The van der Waals surface area contributed by atoms with Gasteiger partial charge in [-0.3, -0.25) is 0 Å². The van der Waals surface area contributed by atoms with E-state index < -0.39 is 0 Å². The molecule has 1 aliphatic rings. The summed E-state index contributed by atoms with van der Waals surface area (Å²) in [6.07, 6.45) is 4.43. The zero-order chi connectivity index (χ0) is 13.6. The van der Waals surface area contributed by atoms with E-state index >= 15 is 0 Å². The second kappa shape index (κ2) is 4.84. The van der Waals surface area contributed by atoms with Crippen LogP contribution in [0.25, 0.3) is 5.69 Å². The summed E-state index contributed by atoms with van der Waals surface area (Å²) in [7, 11) is 0. The van der Waals surface area contributed by atoms with Crippen molar-refractivity contribution in [3.8, 4) is 5.69 Å². The molecule has 1 heterocycles. The van der Waals surface area contributed by atoms with Crippen LogP contribution in [0.4, 0.5) is 5.82 Å². The number of rotatable bonds is 1. The Balaban J connectivity index is 2.20. The van der Waals surface area contributed by atoms with Crippen molar-refractivity contribution in [2.75, 3.05) is 5.73 Å². The Hall–Kier alpha value is -1.00. The van der Waals surface area contributed by atoms with Crippen molar-refractivity contribution in [3.63, 3.8) is 0 Å². The molecule has 3 nitrogen and oxygen atoms in total. The Morgan fingerprint density at radius 2 is 2.05 bits per heavy atom. The SMILES string of the molecule is Cc1cc(Br)c(-n2nc(N)c3c2CCCC3)cc1Cl. The highest BCUT2D eigenvalue weighted by Crippen LogP contribution is 2.33. The summed E-state index contributed by atoms with van der Waals surface area (Å²) in [4.78, 5) is 0. The third-order valence-electron chi connectivity index (χ3n) is 3.67. The second-order valence-corrected chi connectivity index (χ2v) is 6.24. The number of nitrogens with two attached hydrogens (primary N) is 1. The van der Waals surface area contributed by atoms with Crippen molar-refractivity contribution in [3.05, 3.63) is 38.4 Å². The van der Waals surface area contributed by atoms with E-state index in [1.165, 1.54) is 24.1 Å². The van der Waals surface area contributed by atoms with Crippen molar-refractivity contribution in [2.24, 2.45) is 0 Å². The number of fused-ring (bicyclic) bond motifs is 1. The number of anilines is 1. The standard InChI is InChI=1S/C14H15BrClN3/c1-8-6-10(15)13(7-11(8)16)19-12-5-3-2-4-9(12)14(17)18-19/h6-7H,2-5H2,1H3,(H2,17,18). The van der Waals surface area contributed by atoms with Crippen LogP contribution in [-0.2, 0) is 12.8 Å². The van der Waals surface area contributed by atoms with Gasteiger partial charge in [-0.25, -0.2) is 4.68 Å². The van der Waals surface area contributed by atoms with Gasteiger partial charge in [0.15, 0.2) is 0 Å². The van der Waals surface area contributed by atoms with Gasteiger partial charge in [0.05, 0.1) is 5.69 Å². The summed E-state index contributed by atoms with van der Waals surface area (Å²) in [6, 6.07) is 3.97. The second-order valence-electron chi connectivity index (χ2n) is 4.98. The lowest BCUT2D eigenvalue weighted by atomic mass is 9.97. The van der Waals surface area contributed by atoms with E-state index in [1.54, 1.807) is 0 Å². The number of halogens is 2. The fourth-order valence-corrected chi connectivity index (χ4v) is 3.41. The first-order chi connectivity index (χ1) is 9.08.